The van der Waals surface area contributed by atoms with E-state index in [1.54, 1.807) is 0 Å². The lowest BCUT2D eigenvalue weighted by molar-refractivity contribution is 0.282. The topological polar surface area (TPSA) is 66.4 Å². The van der Waals surface area contributed by atoms with Crippen molar-refractivity contribution in [3.05, 3.63) is 28.8 Å². The highest BCUT2D eigenvalue weighted by Crippen LogP contribution is 2.21. The summed E-state index contributed by atoms with van der Waals surface area (Å²) in [6.45, 7) is 6.32. The Labute approximate surface area is 119 Å². The van der Waals surface area contributed by atoms with Crippen molar-refractivity contribution in [2.75, 3.05) is 6.54 Å². The summed E-state index contributed by atoms with van der Waals surface area (Å²) in [5, 5.41) is 9.24. The van der Waals surface area contributed by atoms with Crippen molar-refractivity contribution in [1.29, 1.82) is 0 Å². The molecule has 0 aliphatic carbocycles. The number of nitrogens with one attached hydrogen (secondary N) is 1. The zero-order valence-corrected chi connectivity index (χ0v) is 13.0. The van der Waals surface area contributed by atoms with Crippen LogP contribution in [0.5, 0.6) is 0 Å². The predicted molar refractivity (Wildman–Crippen MR) is 76.6 cm³/mol. The van der Waals surface area contributed by atoms with Crippen LogP contribution in [0.15, 0.2) is 23.1 Å². The normalized spacial score (nSPS) is 12.7. The minimum absolute atomic E-state index is 0.0703. The molecule has 1 aromatic carbocycles. The molecular formula is C13H20ClNO3S. The van der Waals surface area contributed by atoms with E-state index in [1.807, 2.05) is 20.8 Å². The average Bonchev–Trinajstić information content (AvgIpc) is 2.26. The molecule has 0 radical (unpaired) electrons. The molecule has 0 heterocycles. The summed E-state index contributed by atoms with van der Waals surface area (Å²) in [7, 11) is -3.55. The summed E-state index contributed by atoms with van der Waals surface area (Å²) in [5.74, 6) is 0. The van der Waals surface area contributed by atoms with Gasteiger partial charge in [0.15, 0.2) is 0 Å². The van der Waals surface area contributed by atoms with Crippen LogP contribution < -0.4 is 4.72 Å². The molecule has 1 rings (SSSR count). The SMILES string of the molecule is CC(C)(C)CCNS(=O)(=O)c1ccc(CO)c(Cl)c1. The molecule has 0 unspecified atom stereocenters. The number of hydrogen-bond donors (Lipinski definition) is 2. The molecule has 0 aliphatic rings. The molecular weight excluding hydrogens is 286 g/mol. The molecule has 0 bridgehead atoms. The fourth-order valence-electron chi connectivity index (χ4n) is 1.47. The monoisotopic (exact) mass is 305 g/mol. The van der Waals surface area contributed by atoms with Crippen LogP contribution in [0.4, 0.5) is 0 Å². The number of hydrogen-bond acceptors (Lipinski definition) is 3. The molecule has 0 saturated heterocycles. The fraction of sp³-hybridized carbons (Fsp3) is 0.538. The first-order chi connectivity index (χ1) is 8.65. The molecule has 0 aromatic heterocycles. The Bertz CT molecular complexity index is 535. The van der Waals surface area contributed by atoms with Gasteiger partial charge in [-0.1, -0.05) is 38.4 Å². The van der Waals surface area contributed by atoms with Gasteiger partial charge in [-0.2, -0.15) is 0 Å². The zero-order valence-electron chi connectivity index (χ0n) is 11.4. The molecule has 0 fully saturated rings. The first-order valence-corrected chi connectivity index (χ1v) is 7.91. The maximum atomic E-state index is 12.0. The third-order valence-corrected chi connectivity index (χ3v) is 4.48. The lowest BCUT2D eigenvalue weighted by atomic mass is 9.93. The van der Waals surface area contributed by atoms with Gasteiger partial charge in [0.05, 0.1) is 11.5 Å². The maximum Gasteiger partial charge on any atom is 0.240 e. The Kier molecular flexibility index (Phi) is 5.38. The van der Waals surface area contributed by atoms with Gasteiger partial charge in [0.2, 0.25) is 10.0 Å². The van der Waals surface area contributed by atoms with E-state index in [0.29, 0.717) is 12.1 Å². The van der Waals surface area contributed by atoms with Crippen molar-refractivity contribution in [1.82, 2.24) is 4.72 Å². The van der Waals surface area contributed by atoms with E-state index in [4.69, 9.17) is 16.7 Å². The molecule has 2 N–H and O–H groups in total. The lowest BCUT2D eigenvalue weighted by Crippen LogP contribution is -2.27. The molecule has 0 atom stereocenters. The molecule has 0 aliphatic heterocycles. The van der Waals surface area contributed by atoms with E-state index in [9.17, 15) is 8.42 Å². The van der Waals surface area contributed by atoms with Crippen LogP contribution in [0.1, 0.15) is 32.8 Å². The van der Waals surface area contributed by atoms with Crippen molar-refractivity contribution in [3.8, 4) is 0 Å². The molecule has 1 aromatic rings. The highest BCUT2D eigenvalue weighted by molar-refractivity contribution is 7.89. The van der Waals surface area contributed by atoms with Gasteiger partial charge in [0.1, 0.15) is 0 Å². The van der Waals surface area contributed by atoms with Gasteiger partial charge < -0.3 is 5.11 Å². The minimum Gasteiger partial charge on any atom is -0.392 e. The second kappa shape index (κ2) is 6.22. The predicted octanol–water partition coefficient (Wildman–Crippen LogP) is 2.55. The van der Waals surface area contributed by atoms with Crippen LogP contribution in [-0.4, -0.2) is 20.1 Å². The number of benzene rings is 1. The van der Waals surface area contributed by atoms with Crippen LogP contribution in [-0.2, 0) is 16.6 Å². The summed E-state index contributed by atoms with van der Waals surface area (Å²) in [6, 6.07) is 4.31. The van der Waals surface area contributed by atoms with Gasteiger partial charge in [-0.3, -0.25) is 0 Å². The highest BCUT2D eigenvalue weighted by Gasteiger charge is 2.17. The Morgan fingerprint density at radius 1 is 1.32 bits per heavy atom. The molecule has 0 saturated carbocycles. The van der Waals surface area contributed by atoms with Crippen LogP contribution in [0, 0.1) is 5.41 Å². The van der Waals surface area contributed by atoms with E-state index in [0.717, 1.165) is 6.42 Å². The summed E-state index contributed by atoms with van der Waals surface area (Å²) >= 11 is 5.89. The maximum absolute atomic E-state index is 12.0. The summed E-state index contributed by atoms with van der Waals surface area (Å²) in [6.07, 6.45) is 0.745. The highest BCUT2D eigenvalue weighted by atomic mass is 35.5. The molecule has 108 valence electrons. The van der Waals surface area contributed by atoms with Crippen molar-refractivity contribution in [3.63, 3.8) is 0 Å². The first kappa shape index (κ1) is 16.4. The van der Waals surface area contributed by atoms with E-state index < -0.39 is 10.0 Å². The van der Waals surface area contributed by atoms with Crippen LogP contribution in [0.2, 0.25) is 5.02 Å². The Morgan fingerprint density at radius 2 is 1.95 bits per heavy atom. The van der Waals surface area contributed by atoms with Gasteiger partial charge in [-0.15, -0.1) is 0 Å². The summed E-state index contributed by atoms with van der Waals surface area (Å²) < 4.78 is 26.6. The molecule has 6 heteroatoms. The van der Waals surface area contributed by atoms with Gasteiger partial charge >= 0.3 is 0 Å². The van der Waals surface area contributed by atoms with Crippen molar-refractivity contribution >= 4 is 21.6 Å². The summed E-state index contributed by atoms with van der Waals surface area (Å²) in [4.78, 5) is 0.114. The van der Waals surface area contributed by atoms with Gasteiger partial charge in [-0.25, -0.2) is 13.1 Å². The quantitative estimate of drug-likeness (QED) is 0.878. The Morgan fingerprint density at radius 3 is 2.42 bits per heavy atom. The van der Waals surface area contributed by atoms with E-state index in [2.05, 4.69) is 4.72 Å². The van der Waals surface area contributed by atoms with Crippen molar-refractivity contribution < 1.29 is 13.5 Å². The third kappa shape index (κ3) is 5.10. The van der Waals surface area contributed by atoms with E-state index in [1.165, 1.54) is 18.2 Å². The Balaban J connectivity index is 2.80. The van der Waals surface area contributed by atoms with Crippen LogP contribution in [0.3, 0.4) is 0 Å². The third-order valence-electron chi connectivity index (χ3n) is 2.67. The lowest BCUT2D eigenvalue weighted by Gasteiger charge is -2.18. The van der Waals surface area contributed by atoms with Crippen LogP contribution >= 0.6 is 11.6 Å². The number of aliphatic hydroxyl groups excluding tert-OH is 1. The molecule has 4 nitrogen and oxygen atoms in total. The van der Waals surface area contributed by atoms with E-state index in [-0.39, 0.29) is 21.9 Å². The van der Waals surface area contributed by atoms with Gasteiger partial charge in [0, 0.05) is 11.6 Å². The fourth-order valence-corrected chi connectivity index (χ4v) is 2.83. The Hall–Kier alpha value is -0.620. The standard InChI is InChI=1S/C13H20ClNO3S/c1-13(2,3)6-7-15-19(17,18)11-5-4-10(9-16)12(14)8-11/h4-5,8,15-16H,6-7,9H2,1-3H3. The molecule has 19 heavy (non-hydrogen) atoms. The second-order valence-corrected chi connectivity index (χ2v) is 7.79. The zero-order chi connectivity index (χ0) is 14.7. The second-order valence-electron chi connectivity index (χ2n) is 5.62. The largest absolute Gasteiger partial charge is 0.392 e. The first-order valence-electron chi connectivity index (χ1n) is 6.05. The van der Waals surface area contributed by atoms with Gasteiger partial charge in [-0.05, 0) is 29.5 Å². The number of aliphatic hydroxyl groups is 1. The van der Waals surface area contributed by atoms with Gasteiger partial charge in [0.25, 0.3) is 0 Å². The summed E-state index contributed by atoms with van der Waals surface area (Å²) in [5.41, 5.74) is 0.580. The number of rotatable bonds is 5. The number of sulfonamides is 1. The van der Waals surface area contributed by atoms with Crippen molar-refractivity contribution in [2.45, 2.75) is 38.7 Å². The van der Waals surface area contributed by atoms with Crippen LogP contribution in [0.25, 0.3) is 0 Å². The minimum atomic E-state index is -3.55. The molecule has 0 amide bonds. The van der Waals surface area contributed by atoms with Crippen molar-refractivity contribution in [2.24, 2.45) is 5.41 Å². The average molecular weight is 306 g/mol. The van der Waals surface area contributed by atoms with E-state index >= 15 is 0 Å². The number of halogens is 1. The smallest absolute Gasteiger partial charge is 0.240 e. The molecule has 0 spiro atoms.